The van der Waals surface area contributed by atoms with Gasteiger partial charge >= 0.3 is 0 Å². The fourth-order valence-corrected chi connectivity index (χ4v) is 3.08. The number of phenolic OH excluding ortho intramolecular Hbond substituents is 1. The molecule has 23 heavy (non-hydrogen) atoms. The lowest BCUT2D eigenvalue weighted by Crippen LogP contribution is -2.34. The Labute approximate surface area is 134 Å². The fraction of sp³-hybridized carbons (Fsp3) is 0.412. The van der Waals surface area contributed by atoms with Crippen molar-refractivity contribution in [3.05, 3.63) is 47.7 Å². The molecule has 1 aliphatic heterocycles. The van der Waals surface area contributed by atoms with Gasteiger partial charge in [0.1, 0.15) is 5.82 Å². The molecule has 1 unspecified atom stereocenters. The molecule has 1 aliphatic rings. The average Bonchev–Trinajstić information content (AvgIpc) is 2.58. The summed E-state index contributed by atoms with van der Waals surface area (Å²) in [5.74, 6) is 0.526. The first kappa shape index (κ1) is 15.7. The Morgan fingerprint density at radius 2 is 2.26 bits per heavy atom. The van der Waals surface area contributed by atoms with Crippen molar-refractivity contribution >= 4 is 0 Å². The quantitative estimate of drug-likeness (QED) is 0.939. The van der Waals surface area contributed by atoms with E-state index in [1.807, 2.05) is 0 Å². The molecule has 0 saturated carbocycles. The molecule has 0 amide bonds. The number of ether oxygens (including phenoxy) is 1. The van der Waals surface area contributed by atoms with Crippen LogP contribution in [0.25, 0.3) is 0 Å². The second-order valence-corrected chi connectivity index (χ2v) is 5.77. The van der Waals surface area contributed by atoms with Gasteiger partial charge < -0.3 is 9.84 Å². The summed E-state index contributed by atoms with van der Waals surface area (Å²) in [4.78, 5) is 10.8. The van der Waals surface area contributed by atoms with Gasteiger partial charge in [0, 0.05) is 18.8 Å². The first-order valence-electron chi connectivity index (χ1n) is 7.73. The molecule has 0 bridgehead atoms. The van der Waals surface area contributed by atoms with Gasteiger partial charge in [-0.1, -0.05) is 12.1 Å². The van der Waals surface area contributed by atoms with Crippen molar-refractivity contribution in [2.45, 2.75) is 25.3 Å². The molecule has 1 N–H and O–H groups in total. The third kappa shape index (κ3) is 3.59. The number of hydrogen-bond donors (Lipinski definition) is 1. The lowest BCUT2D eigenvalue weighted by atomic mass is 9.90. The Hall–Kier alpha value is -2.21. The van der Waals surface area contributed by atoms with E-state index in [2.05, 4.69) is 14.9 Å². The number of aromatic hydroxyl groups is 1. The largest absolute Gasteiger partial charge is 0.505 e. The van der Waals surface area contributed by atoms with Gasteiger partial charge in [0.25, 0.3) is 0 Å². The monoisotopic (exact) mass is 317 g/mol. The molecule has 3 rings (SSSR count). The molecule has 1 atom stereocenters. The third-order valence-electron chi connectivity index (χ3n) is 4.21. The molecule has 122 valence electrons. The minimum atomic E-state index is -0.503. The van der Waals surface area contributed by atoms with E-state index >= 15 is 0 Å². The summed E-state index contributed by atoms with van der Waals surface area (Å²) in [5.41, 5.74) is 0.585. The number of piperidine rings is 1. The van der Waals surface area contributed by atoms with E-state index in [1.54, 1.807) is 31.5 Å². The molecular formula is C17H20FN3O2. The maximum absolute atomic E-state index is 14.1. The highest BCUT2D eigenvalue weighted by molar-refractivity contribution is 5.32. The molecule has 1 saturated heterocycles. The zero-order valence-electron chi connectivity index (χ0n) is 13.1. The molecule has 2 heterocycles. The topological polar surface area (TPSA) is 58.5 Å². The molecule has 2 aromatic rings. The third-order valence-corrected chi connectivity index (χ3v) is 4.21. The molecular weight excluding hydrogens is 297 g/mol. The van der Waals surface area contributed by atoms with Crippen LogP contribution in [0.2, 0.25) is 0 Å². The Balaban J connectivity index is 1.72. The normalized spacial score (nSPS) is 18.8. The number of likely N-dealkylation sites (tertiary alicyclic amines) is 1. The van der Waals surface area contributed by atoms with Gasteiger partial charge in [-0.05, 0) is 36.9 Å². The van der Waals surface area contributed by atoms with Crippen LogP contribution in [0.1, 0.15) is 30.1 Å². The van der Waals surface area contributed by atoms with Gasteiger partial charge in [0.2, 0.25) is 5.88 Å². The van der Waals surface area contributed by atoms with Gasteiger partial charge in [-0.25, -0.2) is 9.37 Å². The second kappa shape index (κ2) is 6.91. The van der Waals surface area contributed by atoms with Crippen LogP contribution in [0.15, 0.2) is 30.5 Å². The molecule has 1 aromatic heterocycles. The minimum absolute atomic E-state index is 0.0708. The van der Waals surface area contributed by atoms with Crippen molar-refractivity contribution in [3.63, 3.8) is 0 Å². The van der Waals surface area contributed by atoms with E-state index in [9.17, 15) is 9.50 Å². The summed E-state index contributed by atoms with van der Waals surface area (Å²) in [5, 5.41) is 9.57. The van der Waals surface area contributed by atoms with Gasteiger partial charge in [-0.15, -0.1) is 0 Å². The van der Waals surface area contributed by atoms with Crippen LogP contribution in [-0.4, -0.2) is 40.2 Å². The van der Waals surface area contributed by atoms with Crippen LogP contribution in [-0.2, 0) is 6.54 Å². The summed E-state index contributed by atoms with van der Waals surface area (Å²) in [6.07, 6.45) is 3.57. The van der Waals surface area contributed by atoms with Gasteiger partial charge in [-0.2, -0.15) is 4.98 Å². The first-order valence-corrected chi connectivity index (χ1v) is 7.73. The second-order valence-electron chi connectivity index (χ2n) is 5.77. The highest BCUT2D eigenvalue weighted by Gasteiger charge is 2.25. The van der Waals surface area contributed by atoms with E-state index in [1.165, 1.54) is 6.07 Å². The molecule has 0 aliphatic carbocycles. The van der Waals surface area contributed by atoms with E-state index < -0.39 is 5.82 Å². The van der Waals surface area contributed by atoms with Crippen LogP contribution in [0, 0.1) is 5.82 Å². The number of halogens is 1. The highest BCUT2D eigenvalue weighted by atomic mass is 19.1. The zero-order valence-corrected chi connectivity index (χ0v) is 13.1. The predicted molar refractivity (Wildman–Crippen MR) is 83.9 cm³/mol. The minimum Gasteiger partial charge on any atom is -0.505 e. The Morgan fingerprint density at radius 1 is 1.39 bits per heavy atom. The zero-order chi connectivity index (χ0) is 16.2. The summed E-state index contributed by atoms with van der Waals surface area (Å²) in [7, 11) is 1.58. The van der Waals surface area contributed by atoms with E-state index in [0.717, 1.165) is 25.9 Å². The maximum Gasteiger partial charge on any atom is 0.216 e. The van der Waals surface area contributed by atoms with Crippen LogP contribution in [0.5, 0.6) is 11.6 Å². The van der Waals surface area contributed by atoms with E-state index in [0.29, 0.717) is 23.8 Å². The van der Waals surface area contributed by atoms with E-state index in [4.69, 9.17) is 4.74 Å². The molecule has 6 heteroatoms. The molecule has 0 spiro atoms. The first-order chi connectivity index (χ1) is 11.2. The molecule has 5 nitrogen and oxygen atoms in total. The number of aromatic nitrogens is 2. The van der Waals surface area contributed by atoms with Crippen molar-refractivity contribution in [2.24, 2.45) is 0 Å². The van der Waals surface area contributed by atoms with Gasteiger partial charge in [0.05, 0.1) is 13.7 Å². The SMILES string of the molecule is COc1ccnc(CN2CCCC(c3cccc(O)c3F)C2)n1. The smallest absolute Gasteiger partial charge is 0.216 e. The number of benzene rings is 1. The van der Waals surface area contributed by atoms with Crippen molar-refractivity contribution < 1.29 is 14.2 Å². The van der Waals surface area contributed by atoms with Crippen LogP contribution in [0.4, 0.5) is 4.39 Å². The summed E-state index contributed by atoms with van der Waals surface area (Å²) >= 11 is 0. The number of methoxy groups -OCH3 is 1. The van der Waals surface area contributed by atoms with Crippen molar-refractivity contribution in [3.8, 4) is 11.6 Å². The summed E-state index contributed by atoms with van der Waals surface area (Å²) < 4.78 is 19.2. The molecule has 0 radical (unpaired) electrons. The number of rotatable bonds is 4. The summed E-state index contributed by atoms with van der Waals surface area (Å²) in [6.45, 7) is 2.26. The van der Waals surface area contributed by atoms with Gasteiger partial charge in [0.15, 0.2) is 11.6 Å². The molecule has 1 aromatic carbocycles. The Kier molecular flexibility index (Phi) is 4.71. The Bertz CT molecular complexity index is 681. The van der Waals surface area contributed by atoms with Crippen LogP contribution < -0.4 is 4.74 Å². The average molecular weight is 317 g/mol. The van der Waals surface area contributed by atoms with Gasteiger partial charge in [-0.3, -0.25) is 4.90 Å². The van der Waals surface area contributed by atoms with E-state index in [-0.39, 0.29) is 11.7 Å². The maximum atomic E-state index is 14.1. The summed E-state index contributed by atoms with van der Waals surface area (Å²) in [6, 6.07) is 6.54. The standard InChI is InChI=1S/C17H20FN3O2/c1-23-16-7-8-19-15(20-16)11-21-9-3-4-12(10-21)13-5-2-6-14(22)17(13)18/h2,5-8,12,22H,3-4,9-11H2,1H3. The lowest BCUT2D eigenvalue weighted by Gasteiger charge is -2.32. The van der Waals surface area contributed by atoms with Crippen molar-refractivity contribution in [1.82, 2.24) is 14.9 Å². The Morgan fingerprint density at radius 3 is 3.09 bits per heavy atom. The number of phenols is 1. The number of nitrogens with zero attached hydrogens (tertiary/aromatic N) is 3. The number of hydrogen-bond acceptors (Lipinski definition) is 5. The lowest BCUT2D eigenvalue weighted by molar-refractivity contribution is 0.193. The van der Waals surface area contributed by atoms with Crippen molar-refractivity contribution in [1.29, 1.82) is 0 Å². The fourth-order valence-electron chi connectivity index (χ4n) is 3.08. The molecule has 1 fully saturated rings. The highest BCUT2D eigenvalue weighted by Crippen LogP contribution is 2.32. The van der Waals surface area contributed by atoms with Crippen molar-refractivity contribution in [2.75, 3.05) is 20.2 Å². The van der Waals surface area contributed by atoms with Crippen LogP contribution in [0.3, 0.4) is 0 Å². The predicted octanol–water partition coefficient (Wildman–Crippen LogP) is 2.71. The van der Waals surface area contributed by atoms with Crippen LogP contribution >= 0.6 is 0 Å².